The Morgan fingerprint density at radius 3 is 2.89 bits per heavy atom. The van der Waals surface area contributed by atoms with Gasteiger partial charge in [0.2, 0.25) is 0 Å². The first-order chi connectivity index (χ1) is 9.16. The molecule has 0 unspecified atom stereocenters. The first-order valence-corrected chi connectivity index (χ1v) is 6.31. The van der Waals surface area contributed by atoms with Gasteiger partial charge in [0, 0.05) is 12.2 Å². The summed E-state index contributed by atoms with van der Waals surface area (Å²) in [6.07, 6.45) is 3.52. The molecule has 0 saturated heterocycles. The van der Waals surface area contributed by atoms with E-state index in [4.69, 9.17) is 11.6 Å². The fourth-order valence-corrected chi connectivity index (χ4v) is 1.74. The summed E-state index contributed by atoms with van der Waals surface area (Å²) in [5.41, 5.74) is 2.50. The summed E-state index contributed by atoms with van der Waals surface area (Å²) < 4.78 is 0. The predicted molar refractivity (Wildman–Crippen MR) is 71.0 cm³/mol. The molecule has 6 nitrogen and oxygen atoms in total. The summed E-state index contributed by atoms with van der Waals surface area (Å²) in [6, 6.07) is 3.09. The van der Waals surface area contributed by atoms with Crippen LogP contribution < -0.4 is 5.32 Å². The van der Waals surface area contributed by atoms with Crippen LogP contribution in [0.1, 0.15) is 28.2 Å². The first-order valence-electron chi connectivity index (χ1n) is 5.93. The first kappa shape index (κ1) is 13.5. The highest BCUT2D eigenvalue weighted by atomic mass is 35.5. The number of aromatic amines is 1. The molecule has 0 aromatic carbocycles. The van der Waals surface area contributed by atoms with E-state index >= 15 is 0 Å². The van der Waals surface area contributed by atoms with E-state index < -0.39 is 0 Å². The van der Waals surface area contributed by atoms with Gasteiger partial charge in [0.25, 0.3) is 5.91 Å². The number of H-pyrrole nitrogens is 1. The van der Waals surface area contributed by atoms with Crippen LogP contribution in [-0.2, 0) is 6.42 Å². The average molecular weight is 280 g/mol. The maximum Gasteiger partial charge on any atom is 0.271 e. The third-order valence-electron chi connectivity index (χ3n) is 2.71. The second-order valence-corrected chi connectivity index (χ2v) is 4.51. The van der Waals surface area contributed by atoms with Crippen molar-refractivity contribution < 1.29 is 4.79 Å². The fraction of sp³-hybridized carbons (Fsp3) is 0.333. The molecule has 0 atom stereocenters. The zero-order valence-electron chi connectivity index (χ0n) is 10.5. The minimum atomic E-state index is -0.243. The number of rotatable bonds is 5. The Kier molecular flexibility index (Phi) is 4.46. The molecule has 2 heterocycles. The molecule has 0 aliphatic rings. The quantitative estimate of drug-likeness (QED) is 0.813. The van der Waals surface area contributed by atoms with Gasteiger partial charge < -0.3 is 5.32 Å². The molecule has 2 rings (SSSR count). The van der Waals surface area contributed by atoms with Crippen molar-refractivity contribution in [1.29, 1.82) is 0 Å². The summed E-state index contributed by atoms with van der Waals surface area (Å²) in [4.78, 5) is 11.7. The van der Waals surface area contributed by atoms with Gasteiger partial charge in [-0.1, -0.05) is 11.6 Å². The van der Waals surface area contributed by atoms with Crippen LogP contribution in [0.3, 0.4) is 0 Å². The van der Waals surface area contributed by atoms with Gasteiger partial charge in [-0.15, -0.1) is 10.2 Å². The molecule has 7 heteroatoms. The van der Waals surface area contributed by atoms with Crippen LogP contribution >= 0.6 is 11.6 Å². The third kappa shape index (κ3) is 3.75. The van der Waals surface area contributed by atoms with E-state index in [-0.39, 0.29) is 16.8 Å². The molecule has 0 fully saturated rings. The van der Waals surface area contributed by atoms with Gasteiger partial charge in [-0.25, -0.2) is 0 Å². The molecule has 19 heavy (non-hydrogen) atoms. The van der Waals surface area contributed by atoms with Crippen molar-refractivity contribution in [3.63, 3.8) is 0 Å². The molecule has 0 aliphatic carbocycles. The van der Waals surface area contributed by atoms with Crippen molar-refractivity contribution in [2.45, 2.75) is 19.8 Å². The maximum atomic E-state index is 11.7. The topological polar surface area (TPSA) is 83.6 Å². The summed E-state index contributed by atoms with van der Waals surface area (Å²) in [7, 11) is 0. The van der Waals surface area contributed by atoms with E-state index in [1.54, 1.807) is 6.07 Å². The van der Waals surface area contributed by atoms with Crippen LogP contribution in [0, 0.1) is 6.92 Å². The van der Waals surface area contributed by atoms with Gasteiger partial charge >= 0.3 is 0 Å². The smallest absolute Gasteiger partial charge is 0.271 e. The van der Waals surface area contributed by atoms with Gasteiger partial charge in [-0.3, -0.25) is 9.89 Å². The number of carbonyl (C=O) groups excluding carboxylic acids is 1. The Morgan fingerprint density at radius 2 is 2.26 bits per heavy atom. The molecule has 2 aromatic heterocycles. The van der Waals surface area contributed by atoms with Crippen LogP contribution in [0.15, 0.2) is 18.3 Å². The molecule has 2 aromatic rings. The Labute approximate surface area is 115 Å². The van der Waals surface area contributed by atoms with Gasteiger partial charge in [0.05, 0.1) is 6.20 Å². The standard InChI is InChI=1S/C12H14ClN5O/c1-8-9(7-15-16-8)3-2-6-14-12(19)10-4-5-11(13)18-17-10/h4-5,7H,2-3,6H2,1H3,(H,14,19)(H,15,16). The summed E-state index contributed by atoms with van der Waals surface area (Å²) >= 11 is 5.60. The zero-order chi connectivity index (χ0) is 13.7. The van der Waals surface area contributed by atoms with Crippen molar-refractivity contribution in [2.24, 2.45) is 0 Å². The number of amides is 1. The number of hydrogen-bond acceptors (Lipinski definition) is 4. The fourth-order valence-electron chi connectivity index (χ4n) is 1.64. The minimum absolute atomic E-state index is 0.243. The van der Waals surface area contributed by atoms with E-state index in [2.05, 4.69) is 25.7 Å². The zero-order valence-corrected chi connectivity index (χ0v) is 11.2. The van der Waals surface area contributed by atoms with Gasteiger partial charge in [-0.05, 0) is 37.5 Å². The third-order valence-corrected chi connectivity index (χ3v) is 2.91. The second-order valence-electron chi connectivity index (χ2n) is 4.12. The molecule has 0 bridgehead atoms. The SMILES string of the molecule is Cc1[nH]ncc1CCCNC(=O)c1ccc(Cl)nn1. The lowest BCUT2D eigenvalue weighted by molar-refractivity contribution is 0.0947. The predicted octanol–water partition coefficient (Wildman–Crippen LogP) is 1.52. The molecule has 0 spiro atoms. The Hall–Kier alpha value is -1.95. The van der Waals surface area contributed by atoms with Crippen molar-refractivity contribution in [2.75, 3.05) is 6.54 Å². The number of aryl methyl sites for hydroxylation is 2. The lowest BCUT2D eigenvalue weighted by atomic mass is 10.1. The van der Waals surface area contributed by atoms with Gasteiger partial charge in [-0.2, -0.15) is 5.10 Å². The number of aromatic nitrogens is 4. The molecule has 0 aliphatic heterocycles. The van der Waals surface area contributed by atoms with Gasteiger partial charge in [0.15, 0.2) is 10.8 Å². The molecule has 100 valence electrons. The van der Waals surface area contributed by atoms with E-state index in [1.807, 2.05) is 13.1 Å². The van der Waals surface area contributed by atoms with E-state index in [0.717, 1.165) is 18.5 Å². The van der Waals surface area contributed by atoms with Crippen molar-refractivity contribution in [1.82, 2.24) is 25.7 Å². The van der Waals surface area contributed by atoms with Crippen LogP contribution in [0.25, 0.3) is 0 Å². The number of nitrogens with one attached hydrogen (secondary N) is 2. The highest BCUT2D eigenvalue weighted by Crippen LogP contribution is 2.05. The Morgan fingerprint density at radius 1 is 1.42 bits per heavy atom. The number of halogens is 1. The molecule has 2 N–H and O–H groups in total. The van der Waals surface area contributed by atoms with Crippen LogP contribution in [0.5, 0.6) is 0 Å². The second kappa shape index (κ2) is 6.29. The van der Waals surface area contributed by atoms with Crippen molar-refractivity contribution >= 4 is 17.5 Å². The molecule has 0 radical (unpaired) electrons. The molecule has 0 saturated carbocycles. The van der Waals surface area contributed by atoms with Crippen LogP contribution in [0.2, 0.25) is 5.15 Å². The number of carbonyl (C=O) groups is 1. The number of nitrogens with zero attached hydrogens (tertiary/aromatic N) is 3. The maximum absolute atomic E-state index is 11.7. The van der Waals surface area contributed by atoms with Gasteiger partial charge in [0.1, 0.15) is 0 Å². The average Bonchev–Trinajstić information content (AvgIpc) is 2.81. The monoisotopic (exact) mass is 279 g/mol. The highest BCUT2D eigenvalue weighted by molar-refractivity contribution is 6.29. The summed E-state index contributed by atoms with van der Waals surface area (Å²) in [5, 5.41) is 17.2. The molecule has 1 amide bonds. The van der Waals surface area contributed by atoms with Crippen LogP contribution in [-0.4, -0.2) is 32.8 Å². The molecular formula is C12H14ClN5O. The highest BCUT2D eigenvalue weighted by Gasteiger charge is 2.07. The lowest BCUT2D eigenvalue weighted by Gasteiger charge is -2.04. The number of hydrogen-bond donors (Lipinski definition) is 2. The van der Waals surface area contributed by atoms with Crippen molar-refractivity contribution in [3.05, 3.63) is 40.4 Å². The van der Waals surface area contributed by atoms with E-state index in [9.17, 15) is 4.79 Å². The normalized spacial score (nSPS) is 10.4. The van der Waals surface area contributed by atoms with E-state index in [1.165, 1.54) is 11.6 Å². The van der Waals surface area contributed by atoms with Crippen molar-refractivity contribution in [3.8, 4) is 0 Å². The Bertz CT molecular complexity index is 552. The van der Waals surface area contributed by atoms with E-state index in [0.29, 0.717) is 6.54 Å². The summed E-state index contributed by atoms with van der Waals surface area (Å²) in [5.74, 6) is -0.243. The minimum Gasteiger partial charge on any atom is -0.351 e. The van der Waals surface area contributed by atoms with Crippen LogP contribution in [0.4, 0.5) is 0 Å². The largest absolute Gasteiger partial charge is 0.351 e. The Balaban J connectivity index is 1.75. The molecular weight excluding hydrogens is 266 g/mol. The summed E-state index contributed by atoms with van der Waals surface area (Å²) in [6.45, 7) is 2.55. The lowest BCUT2D eigenvalue weighted by Crippen LogP contribution is -2.25.